The van der Waals surface area contributed by atoms with Gasteiger partial charge in [0.05, 0.1) is 11.4 Å². The number of nitrogens with zero attached hydrogens (tertiary/aromatic N) is 2. The topological polar surface area (TPSA) is 52.7 Å². The second kappa shape index (κ2) is 10.3. The van der Waals surface area contributed by atoms with Crippen LogP contribution in [-0.2, 0) is 5.41 Å². The number of benzene rings is 3. The highest BCUT2D eigenvalue weighted by atomic mass is 16.2. The van der Waals surface area contributed by atoms with E-state index in [1.807, 2.05) is 49.5 Å². The van der Waals surface area contributed by atoms with E-state index in [0.29, 0.717) is 16.8 Å². The van der Waals surface area contributed by atoms with Crippen LogP contribution in [-0.4, -0.2) is 32.0 Å². The van der Waals surface area contributed by atoms with E-state index in [-0.39, 0.29) is 17.2 Å². The van der Waals surface area contributed by atoms with E-state index in [9.17, 15) is 9.59 Å². The van der Waals surface area contributed by atoms with Crippen LogP contribution in [0.2, 0.25) is 0 Å². The Balaban J connectivity index is 1.44. The number of carbonyl (C=O) groups is 2. The van der Waals surface area contributed by atoms with Gasteiger partial charge in [-0.05, 0) is 78.8 Å². The molecule has 1 aliphatic heterocycles. The fourth-order valence-corrected chi connectivity index (χ4v) is 4.47. The van der Waals surface area contributed by atoms with Gasteiger partial charge in [-0.2, -0.15) is 0 Å². The van der Waals surface area contributed by atoms with Crippen LogP contribution >= 0.6 is 0 Å². The smallest absolute Gasteiger partial charge is 0.258 e. The van der Waals surface area contributed by atoms with Crippen LogP contribution in [0.5, 0.6) is 0 Å². The maximum absolute atomic E-state index is 13.3. The average Bonchev–Trinajstić information content (AvgIpc) is 2.88. The zero-order valence-corrected chi connectivity index (χ0v) is 21.2. The van der Waals surface area contributed by atoms with Gasteiger partial charge in [-0.15, -0.1) is 0 Å². The van der Waals surface area contributed by atoms with Crippen LogP contribution in [0.4, 0.5) is 17.1 Å². The molecule has 0 aromatic heterocycles. The average molecular weight is 470 g/mol. The summed E-state index contributed by atoms with van der Waals surface area (Å²) in [5.41, 5.74) is 5.07. The third-order valence-corrected chi connectivity index (χ3v) is 6.65. The van der Waals surface area contributed by atoms with Gasteiger partial charge >= 0.3 is 0 Å². The molecule has 1 heterocycles. The number of amides is 2. The van der Waals surface area contributed by atoms with Crippen molar-refractivity contribution in [2.24, 2.45) is 0 Å². The molecular formula is C30H35N3O2. The van der Waals surface area contributed by atoms with Crippen LogP contribution in [0.15, 0.2) is 72.8 Å². The first kappa shape index (κ1) is 24.5. The minimum Gasteiger partial charge on any atom is -0.370 e. The SMILES string of the molecule is CN(C(=O)c1ccc(NC(=O)c2ccc(C(C)(C)C)cc2)cc1)c1ccccc1N1CCCCC1. The van der Waals surface area contributed by atoms with Gasteiger partial charge in [0, 0.05) is 37.0 Å². The molecule has 1 fully saturated rings. The van der Waals surface area contributed by atoms with Crippen LogP contribution in [0.1, 0.15) is 66.3 Å². The van der Waals surface area contributed by atoms with Gasteiger partial charge < -0.3 is 15.1 Å². The summed E-state index contributed by atoms with van der Waals surface area (Å²) >= 11 is 0. The first-order valence-electron chi connectivity index (χ1n) is 12.4. The van der Waals surface area contributed by atoms with E-state index in [1.165, 1.54) is 24.8 Å². The van der Waals surface area contributed by atoms with Crippen molar-refractivity contribution in [2.75, 3.05) is 35.3 Å². The van der Waals surface area contributed by atoms with Crippen molar-refractivity contribution in [2.45, 2.75) is 45.4 Å². The second-order valence-electron chi connectivity index (χ2n) is 10.3. The Kier molecular flexibility index (Phi) is 7.25. The molecule has 5 heteroatoms. The molecule has 0 aliphatic carbocycles. The minimum absolute atomic E-state index is 0.0405. The number of carbonyl (C=O) groups excluding carboxylic acids is 2. The first-order valence-corrected chi connectivity index (χ1v) is 12.4. The number of para-hydroxylation sites is 2. The highest BCUT2D eigenvalue weighted by Crippen LogP contribution is 2.31. The fourth-order valence-electron chi connectivity index (χ4n) is 4.47. The number of hydrogen-bond donors (Lipinski definition) is 1. The molecule has 35 heavy (non-hydrogen) atoms. The van der Waals surface area contributed by atoms with E-state index in [1.54, 1.807) is 29.2 Å². The zero-order chi connectivity index (χ0) is 25.0. The summed E-state index contributed by atoms with van der Waals surface area (Å²) in [4.78, 5) is 30.0. The molecule has 0 bridgehead atoms. The molecule has 0 atom stereocenters. The maximum Gasteiger partial charge on any atom is 0.258 e. The lowest BCUT2D eigenvalue weighted by Crippen LogP contribution is -2.33. The quantitative estimate of drug-likeness (QED) is 0.464. The molecule has 4 rings (SSSR count). The van der Waals surface area contributed by atoms with Gasteiger partial charge in [0.2, 0.25) is 0 Å². The van der Waals surface area contributed by atoms with Crippen molar-refractivity contribution in [3.63, 3.8) is 0 Å². The van der Waals surface area contributed by atoms with Gasteiger partial charge in [0.25, 0.3) is 11.8 Å². The molecule has 0 spiro atoms. The number of anilines is 3. The Morgan fingerprint density at radius 3 is 2.03 bits per heavy atom. The number of rotatable bonds is 5. The first-order chi connectivity index (χ1) is 16.7. The van der Waals surface area contributed by atoms with Gasteiger partial charge in [-0.3, -0.25) is 9.59 Å². The van der Waals surface area contributed by atoms with Crippen LogP contribution in [0.25, 0.3) is 0 Å². The van der Waals surface area contributed by atoms with Crippen molar-refractivity contribution >= 4 is 28.9 Å². The van der Waals surface area contributed by atoms with Crippen molar-refractivity contribution in [1.82, 2.24) is 0 Å². The Morgan fingerprint density at radius 2 is 1.40 bits per heavy atom. The van der Waals surface area contributed by atoms with E-state index >= 15 is 0 Å². The summed E-state index contributed by atoms with van der Waals surface area (Å²) in [6.45, 7) is 8.48. The minimum atomic E-state index is -0.169. The van der Waals surface area contributed by atoms with E-state index in [2.05, 4.69) is 37.1 Å². The molecule has 1 aliphatic rings. The highest BCUT2D eigenvalue weighted by Gasteiger charge is 2.21. The monoisotopic (exact) mass is 469 g/mol. The van der Waals surface area contributed by atoms with Gasteiger partial charge in [0.15, 0.2) is 0 Å². The highest BCUT2D eigenvalue weighted by molar-refractivity contribution is 6.08. The Hall–Kier alpha value is -3.60. The molecule has 5 nitrogen and oxygen atoms in total. The van der Waals surface area contributed by atoms with Gasteiger partial charge in [-0.25, -0.2) is 0 Å². The van der Waals surface area contributed by atoms with E-state index < -0.39 is 0 Å². The van der Waals surface area contributed by atoms with Gasteiger partial charge in [-0.1, -0.05) is 45.0 Å². The maximum atomic E-state index is 13.3. The van der Waals surface area contributed by atoms with Crippen LogP contribution < -0.4 is 15.1 Å². The molecule has 3 aromatic rings. The van der Waals surface area contributed by atoms with Crippen molar-refractivity contribution in [3.8, 4) is 0 Å². The summed E-state index contributed by atoms with van der Waals surface area (Å²) in [5.74, 6) is -0.248. The predicted molar refractivity (Wildman–Crippen MR) is 145 cm³/mol. The molecule has 0 unspecified atom stereocenters. The molecule has 2 amide bonds. The number of hydrogen-bond acceptors (Lipinski definition) is 3. The molecule has 1 N–H and O–H groups in total. The fraction of sp³-hybridized carbons (Fsp3) is 0.333. The molecule has 182 valence electrons. The second-order valence-corrected chi connectivity index (χ2v) is 10.3. The Bertz CT molecular complexity index is 1170. The molecule has 3 aromatic carbocycles. The lowest BCUT2D eigenvalue weighted by atomic mass is 9.87. The summed E-state index contributed by atoms with van der Waals surface area (Å²) in [6, 6.07) is 22.9. The van der Waals surface area contributed by atoms with Crippen molar-refractivity contribution in [1.29, 1.82) is 0 Å². The van der Waals surface area contributed by atoms with E-state index in [0.717, 1.165) is 24.5 Å². The van der Waals surface area contributed by atoms with E-state index in [4.69, 9.17) is 0 Å². The lowest BCUT2D eigenvalue weighted by molar-refractivity contribution is 0.0991. The lowest BCUT2D eigenvalue weighted by Gasteiger charge is -2.32. The van der Waals surface area contributed by atoms with Crippen LogP contribution in [0, 0.1) is 0 Å². The summed E-state index contributed by atoms with van der Waals surface area (Å²) in [7, 11) is 1.82. The third-order valence-electron chi connectivity index (χ3n) is 6.65. The number of nitrogens with one attached hydrogen (secondary N) is 1. The Morgan fingerprint density at radius 1 is 0.800 bits per heavy atom. The van der Waals surface area contributed by atoms with Gasteiger partial charge in [0.1, 0.15) is 0 Å². The van der Waals surface area contributed by atoms with Crippen molar-refractivity contribution in [3.05, 3.63) is 89.5 Å². The summed E-state index contributed by atoms with van der Waals surface area (Å²) in [5, 5.41) is 2.93. The van der Waals surface area contributed by atoms with Crippen molar-refractivity contribution < 1.29 is 9.59 Å². The molecule has 0 radical (unpaired) electrons. The third kappa shape index (κ3) is 5.73. The molecule has 1 saturated heterocycles. The molecule has 0 saturated carbocycles. The van der Waals surface area contributed by atoms with Crippen LogP contribution in [0.3, 0.4) is 0 Å². The number of piperidine rings is 1. The zero-order valence-electron chi connectivity index (χ0n) is 21.2. The summed E-state index contributed by atoms with van der Waals surface area (Å²) in [6.07, 6.45) is 3.62. The normalized spacial score (nSPS) is 13.9. The Labute approximate surface area is 208 Å². The molecular weight excluding hydrogens is 434 g/mol. The predicted octanol–water partition coefficient (Wildman–Crippen LogP) is 6.50. The summed E-state index contributed by atoms with van der Waals surface area (Å²) < 4.78 is 0. The standard InChI is InChI=1S/C30H35N3O2/c1-30(2,3)24-16-12-22(13-17-24)28(34)31-25-18-14-23(15-19-25)29(35)32(4)26-10-6-7-11-27(26)33-20-8-5-9-21-33/h6-7,10-19H,5,8-9,20-21H2,1-4H3,(H,31,34). The largest absolute Gasteiger partial charge is 0.370 e.